The van der Waals surface area contributed by atoms with Crippen LogP contribution in [-0.2, 0) is 4.74 Å². The highest BCUT2D eigenvalue weighted by atomic mass is 16.6. The lowest BCUT2D eigenvalue weighted by Crippen LogP contribution is -2.15. The van der Waals surface area contributed by atoms with E-state index in [2.05, 4.69) is 6.92 Å². The molecule has 5 heteroatoms. The highest BCUT2D eigenvalue weighted by Gasteiger charge is 2.13. The zero-order chi connectivity index (χ0) is 15.0. The first-order valence-corrected chi connectivity index (χ1v) is 7.00. The lowest BCUT2D eigenvalue weighted by molar-refractivity contribution is -0.384. The van der Waals surface area contributed by atoms with E-state index in [9.17, 15) is 14.9 Å². The van der Waals surface area contributed by atoms with Crippen LogP contribution in [0.25, 0.3) is 0 Å². The number of ether oxygens (including phenoxy) is 1. The van der Waals surface area contributed by atoms with Gasteiger partial charge >= 0.3 is 5.97 Å². The smallest absolute Gasteiger partial charge is 0.338 e. The fourth-order valence-corrected chi connectivity index (χ4v) is 1.89. The van der Waals surface area contributed by atoms with Gasteiger partial charge in [0.2, 0.25) is 0 Å². The Labute approximate surface area is 119 Å². The second-order valence-corrected chi connectivity index (χ2v) is 4.87. The molecule has 1 aromatic carbocycles. The van der Waals surface area contributed by atoms with Crippen LogP contribution in [0.2, 0.25) is 0 Å². The highest BCUT2D eigenvalue weighted by molar-refractivity contribution is 5.89. The van der Waals surface area contributed by atoms with Crippen LogP contribution < -0.4 is 0 Å². The SMILES string of the molecule is CCCCCCC(C)OC(=O)c1ccc([N+](=O)[O-])cc1. The van der Waals surface area contributed by atoms with Crippen molar-refractivity contribution in [3.05, 3.63) is 39.9 Å². The topological polar surface area (TPSA) is 69.4 Å². The summed E-state index contributed by atoms with van der Waals surface area (Å²) in [5.41, 5.74) is 0.310. The Hall–Kier alpha value is -1.91. The number of hydrogen-bond donors (Lipinski definition) is 0. The quantitative estimate of drug-likeness (QED) is 0.311. The maximum absolute atomic E-state index is 11.8. The van der Waals surface area contributed by atoms with Crippen LogP contribution in [0.3, 0.4) is 0 Å². The van der Waals surface area contributed by atoms with Gasteiger partial charge < -0.3 is 4.74 Å². The van der Waals surface area contributed by atoms with Gasteiger partial charge in [0.05, 0.1) is 16.6 Å². The maximum Gasteiger partial charge on any atom is 0.338 e. The van der Waals surface area contributed by atoms with Crippen LogP contribution in [0.5, 0.6) is 0 Å². The molecule has 0 bridgehead atoms. The molecule has 0 aliphatic carbocycles. The summed E-state index contributed by atoms with van der Waals surface area (Å²) < 4.78 is 5.31. The molecule has 0 spiro atoms. The molecule has 0 aliphatic rings. The van der Waals surface area contributed by atoms with Crippen molar-refractivity contribution in [1.82, 2.24) is 0 Å². The van der Waals surface area contributed by atoms with Crippen molar-refractivity contribution >= 4 is 11.7 Å². The van der Waals surface area contributed by atoms with Gasteiger partial charge in [-0.2, -0.15) is 0 Å². The first-order valence-electron chi connectivity index (χ1n) is 7.00. The molecule has 0 aromatic heterocycles. The summed E-state index contributed by atoms with van der Waals surface area (Å²) in [6.07, 6.45) is 5.28. The summed E-state index contributed by atoms with van der Waals surface area (Å²) in [6, 6.07) is 5.46. The van der Waals surface area contributed by atoms with E-state index in [1.807, 2.05) is 6.92 Å². The summed E-state index contributed by atoms with van der Waals surface area (Å²) in [4.78, 5) is 21.9. The van der Waals surface area contributed by atoms with E-state index in [4.69, 9.17) is 4.74 Å². The van der Waals surface area contributed by atoms with Gasteiger partial charge in [0, 0.05) is 12.1 Å². The molecule has 0 aliphatic heterocycles. The Bertz CT molecular complexity index is 442. The van der Waals surface area contributed by atoms with Crippen LogP contribution >= 0.6 is 0 Å². The molecule has 5 nitrogen and oxygen atoms in total. The van der Waals surface area contributed by atoms with Crippen molar-refractivity contribution in [2.24, 2.45) is 0 Å². The van der Waals surface area contributed by atoms with E-state index in [0.717, 1.165) is 19.3 Å². The molecule has 0 heterocycles. The lowest BCUT2D eigenvalue weighted by Gasteiger charge is -2.13. The fraction of sp³-hybridized carbons (Fsp3) is 0.533. The number of carbonyl (C=O) groups excluding carboxylic acids is 1. The predicted molar refractivity (Wildman–Crippen MR) is 76.7 cm³/mol. The summed E-state index contributed by atoms with van der Waals surface area (Å²) in [7, 11) is 0. The lowest BCUT2D eigenvalue weighted by atomic mass is 10.1. The summed E-state index contributed by atoms with van der Waals surface area (Å²) >= 11 is 0. The third-order valence-corrected chi connectivity index (χ3v) is 3.09. The average molecular weight is 279 g/mol. The van der Waals surface area contributed by atoms with E-state index < -0.39 is 10.9 Å². The van der Waals surface area contributed by atoms with Crippen molar-refractivity contribution < 1.29 is 14.5 Å². The Morgan fingerprint density at radius 2 is 1.90 bits per heavy atom. The number of esters is 1. The Balaban J connectivity index is 2.43. The molecule has 1 aromatic rings. The summed E-state index contributed by atoms with van der Waals surface area (Å²) in [5, 5.41) is 10.5. The summed E-state index contributed by atoms with van der Waals surface area (Å²) in [6.45, 7) is 4.02. The molecule has 20 heavy (non-hydrogen) atoms. The average Bonchev–Trinajstić information content (AvgIpc) is 2.43. The van der Waals surface area contributed by atoms with Gasteiger partial charge in [-0.15, -0.1) is 0 Å². The number of unbranched alkanes of at least 4 members (excludes halogenated alkanes) is 3. The van der Waals surface area contributed by atoms with Gasteiger partial charge in [-0.3, -0.25) is 10.1 Å². The van der Waals surface area contributed by atoms with Crippen LogP contribution in [0.4, 0.5) is 5.69 Å². The summed E-state index contributed by atoms with van der Waals surface area (Å²) in [5.74, 6) is -0.428. The predicted octanol–water partition coefficient (Wildman–Crippen LogP) is 4.11. The Morgan fingerprint density at radius 3 is 2.45 bits per heavy atom. The van der Waals surface area contributed by atoms with Gasteiger partial charge in [-0.1, -0.05) is 26.2 Å². The molecule has 0 radical (unpaired) electrons. The molecule has 0 fully saturated rings. The molecule has 0 saturated carbocycles. The van der Waals surface area contributed by atoms with Crippen molar-refractivity contribution in [2.75, 3.05) is 0 Å². The van der Waals surface area contributed by atoms with Gasteiger partial charge in [0.15, 0.2) is 0 Å². The molecule has 0 amide bonds. The molecular weight excluding hydrogens is 258 g/mol. The Morgan fingerprint density at radius 1 is 1.25 bits per heavy atom. The standard InChI is InChI=1S/C15H21NO4/c1-3-4-5-6-7-12(2)20-15(17)13-8-10-14(11-9-13)16(18)19/h8-12H,3-7H2,1-2H3. The van der Waals surface area contributed by atoms with Gasteiger partial charge in [-0.25, -0.2) is 4.79 Å². The van der Waals surface area contributed by atoms with E-state index in [1.165, 1.54) is 37.1 Å². The molecular formula is C15H21NO4. The van der Waals surface area contributed by atoms with Gasteiger partial charge in [0.25, 0.3) is 5.69 Å². The zero-order valence-electron chi connectivity index (χ0n) is 12.0. The first-order chi connectivity index (χ1) is 9.54. The molecule has 110 valence electrons. The largest absolute Gasteiger partial charge is 0.459 e. The number of benzene rings is 1. The molecule has 1 atom stereocenters. The zero-order valence-corrected chi connectivity index (χ0v) is 12.0. The van der Waals surface area contributed by atoms with Gasteiger partial charge in [-0.05, 0) is 31.9 Å². The van der Waals surface area contributed by atoms with Crippen molar-refractivity contribution in [3.63, 3.8) is 0 Å². The molecule has 0 saturated heterocycles. The highest BCUT2D eigenvalue weighted by Crippen LogP contribution is 2.14. The third-order valence-electron chi connectivity index (χ3n) is 3.09. The van der Waals surface area contributed by atoms with Crippen LogP contribution in [-0.4, -0.2) is 17.0 Å². The molecule has 1 rings (SSSR count). The van der Waals surface area contributed by atoms with E-state index >= 15 is 0 Å². The normalized spacial score (nSPS) is 11.9. The Kier molecular flexibility index (Phi) is 6.70. The number of hydrogen-bond acceptors (Lipinski definition) is 4. The molecule has 0 N–H and O–H groups in total. The maximum atomic E-state index is 11.8. The minimum absolute atomic E-state index is 0.0332. The fourth-order valence-electron chi connectivity index (χ4n) is 1.89. The van der Waals surface area contributed by atoms with Crippen LogP contribution in [0.1, 0.15) is 56.3 Å². The number of carbonyl (C=O) groups is 1. The number of non-ortho nitro benzene ring substituents is 1. The minimum atomic E-state index is -0.495. The van der Waals surface area contributed by atoms with E-state index in [1.54, 1.807) is 0 Å². The van der Waals surface area contributed by atoms with Crippen LogP contribution in [0, 0.1) is 10.1 Å². The number of rotatable bonds is 8. The number of nitro groups is 1. The van der Waals surface area contributed by atoms with Crippen LogP contribution in [0.15, 0.2) is 24.3 Å². The van der Waals surface area contributed by atoms with Crippen molar-refractivity contribution in [2.45, 2.75) is 52.1 Å². The third kappa shape index (κ3) is 5.38. The van der Waals surface area contributed by atoms with Crippen molar-refractivity contribution in [1.29, 1.82) is 0 Å². The first kappa shape index (κ1) is 16.1. The van der Waals surface area contributed by atoms with E-state index in [0.29, 0.717) is 5.56 Å². The van der Waals surface area contributed by atoms with Crippen molar-refractivity contribution in [3.8, 4) is 0 Å². The van der Waals surface area contributed by atoms with Gasteiger partial charge in [0.1, 0.15) is 0 Å². The minimum Gasteiger partial charge on any atom is -0.459 e. The number of nitro benzene ring substituents is 1. The second-order valence-electron chi connectivity index (χ2n) is 4.87. The van der Waals surface area contributed by atoms with E-state index in [-0.39, 0.29) is 11.8 Å². The molecule has 1 unspecified atom stereocenters. The monoisotopic (exact) mass is 279 g/mol. The number of nitrogens with zero attached hydrogens (tertiary/aromatic N) is 1. The second kappa shape index (κ2) is 8.30.